The van der Waals surface area contributed by atoms with Gasteiger partial charge in [0, 0.05) is 12.5 Å². The molecule has 0 aliphatic carbocycles. The molecule has 0 radical (unpaired) electrons. The van der Waals surface area contributed by atoms with E-state index in [-0.39, 0.29) is 17.9 Å². The lowest BCUT2D eigenvalue weighted by molar-refractivity contribution is -0.147. The molecule has 0 saturated carbocycles. The molecule has 0 aromatic heterocycles. The third kappa shape index (κ3) is 12.8. The Bertz CT molecular complexity index is 789. The monoisotopic (exact) mass is 455 g/mol. The molecule has 0 aliphatic rings. The maximum Gasteiger partial charge on any atom is 0.308 e. The second-order valence-corrected chi connectivity index (χ2v) is 8.47. The number of unbranched alkanes of at least 4 members (excludes halogenated alkanes) is 4. The minimum Gasteiger partial charge on any atom is -0.481 e. The number of ether oxygens (including phenoxy) is 1. The maximum atomic E-state index is 11.7. The van der Waals surface area contributed by atoms with Crippen LogP contribution in [0.15, 0.2) is 54.6 Å². The molecule has 0 fully saturated rings. The lowest BCUT2D eigenvalue weighted by atomic mass is 9.95. The molecule has 0 aliphatic heterocycles. The molecule has 2 aromatic carbocycles. The van der Waals surface area contributed by atoms with Crippen molar-refractivity contribution in [1.82, 2.24) is 0 Å². The van der Waals surface area contributed by atoms with Crippen LogP contribution in [-0.4, -0.2) is 29.7 Å². The lowest BCUT2D eigenvalue weighted by Gasteiger charge is -2.16. The first-order valence-corrected chi connectivity index (χ1v) is 12.2. The lowest BCUT2D eigenvalue weighted by Crippen LogP contribution is -2.29. The topological polar surface area (TPSA) is 89.6 Å². The molecule has 0 spiro atoms. The summed E-state index contributed by atoms with van der Waals surface area (Å²) in [7, 11) is 0. The molecule has 33 heavy (non-hydrogen) atoms. The summed E-state index contributed by atoms with van der Waals surface area (Å²) >= 11 is 0. The predicted octanol–water partition coefficient (Wildman–Crippen LogP) is 6.24. The number of nitrogens with two attached hydrogens (primary N) is 1. The van der Waals surface area contributed by atoms with Gasteiger partial charge in [0.25, 0.3) is 0 Å². The molecule has 0 bridgehead atoms. The Labute approximate surface area is 199 Å². The molecule has 182 valence electrons. The first kappa shape index (κ1) is 28.4. The zero-order valence-electron chi connectivity index (χ0n) is 20.5. The van der Waals surface area contributed by atoms with E-state index in [1.54, 1.807) is 0 Å². The van der Waals surface area contributed by atoms with Gasteiger partial charge in [0.05, 0.1) is 12.5 Å². The highest BCUT2D eigenvalue weighted by Gasteiger charge is 2.17. The molecule has 3 N–H and O–H groups in total. The normalized spacial score (nSPS) is 12.2. The summed E-state index contributed by atoms with van der Waals surface area (Å²) in [6.07, 6.45) is 7.29. The van der Waals surface area contributed by atoms with Gasteiger partial charge in [-0.15, -0.1) is 0 Å². The van der Waals surface area contributed by atoms with Crippen LogP contribution >= 0.6 is 0 Å². The second-order valence-electron chi connectivity index (χ2n) is 8.47. The fourth-order valence-electron chi connectivity index (χ4n) is 3.56. The molecule has 0 saturated heterocycles. The maximum absolute atomic E-state index is 11.7. The Hall–Kier alpha value is -2.66. The van der Waals surface area contributed by atoms with Gasteiger partial charge in [0.2, 0.25) is 0 Å². The average Bonchev–Trinajstić information content (AvgIpc) is 2.80. The highest BCUT2D eigenvalue weighted by Crippen LogP contribution is 2.20. The summed E-state index contributed by atoms with van der Waals surface area (Å²) in [4.78, 5) is 21.7. The van der Waals surface area contributed by atoms with Crippen molar-refractivity contribution in [3.8, 4) is 11.1 Å². The Morgan fingerprint density at radius 3 is 2.09 bits per heavy atom. The molecule has 0 amide bonds. The smallest absolute Gasteiger partial charge is 0.308 e. The van der Waals surface area contributed by atoms with E-state index in [1.807, 2.05) is 32.0 Å². The molecule has 2 rings (SSSR count). The van der Waals surface area contributed by atoms with Crippen molar-refractivity contribution in [2.75, 3.05) is 6.61 Å². The largest absolute Gasteiger partial charge is 0.481 e. The fraction of sp³-hybridized carbons (Fsp3) is 0.500. The molecular weight excluding hydrogens is 414 g/mol. The highest BCUT2D eigenvalue weighted by atomic mass is 16.5. The van der Waals surface area contributed by atoms with E-state index < -0.39 is 5.97 Å². The van der Waals surface area contributed by atoms with E-state index in [0.29, 0.717) is 19.4 Å². The van der Waals surface area contributed by atoms with Gasteiger partial charge in [-0.05, 0) is 42.9 Å². The zero-order chi connectivity index (χ0) is 24.5. The van der Waals surface area contributed by atoms with Gasteiger partial charge in [-0.25, -0.2) is 0 Å². The summed E-state index contributed by atoms with van der Waals surface area (Å²) in [5, 5.41) is 8.27. The fourth-order valence-corrected chi connectivity index (χ4v) is 3.56. The molecule has 0 heterocycles. The van der Waals surface area contributed by atoms with Crippen LogP contribution in [0.25, 0.3) is 11.1 Å². The Balaban J connectivity index is 0.000000461. The number of hydrogen-bond acceptors (Lipinski definition) is 4. The van der Waals surface area contributed by atoms with Crippen LogP contribution < -0.4 is 5.73 Å². The van der Waals surface area contributed by atoms with E-state index in [1.165, 1.54) is 36.0 Å². The van der Waals surface area contributed by atoms with Gasteiger partial charge in [-0.2, -0.15) is 0 Å². The number of benzene rings is 2. The summed E-state index contributed by atoms with van der Waals surface area (Å²) in [5.74, 6) is -0.993. The summed E-state index contributed by atoms with van der Waals surface area (Å²) in [6.45, 7) is 6.26. The highest BCUT2D eigenvalue weighted by molar-refractivity contribution is 5.72. The molecule has 2 atom stereocenters. The van der Waals surface area contributed by atoms with Crippen molar-refractivity contribution in [1.29, 1.82) is 0 Å². The van der Waals surface area contributed by atoms with Crippen LogP contribution in [0.5, 0.6) is 0 Å². The van der Waals surface area contributed by atoms with E-state index in [0.717, 1.165) is 19.3 Å². The van der Waals surface area contributed by atoms with Crippen molar-refractivity contribution in [2.24, 2.45) is 11.7 Å². The van der Waals surface area contributed by atoms with Crippen LogP contribution in [0, 0.1) is 5.92 Å². The first-order valence-electron chi connectivity index (χ1n) is 12.2. The van der Waals surface area contributed by atoms with E-state index in [9.17, 15) is 9.59 Å². The van der Waals surface area contributed by atoms with Gasteiger partial charge in [0.15, 0.2) is 0 Å². The number of carbonyl (C=O) groups is 2. The quantitative estimate of drug-likeness (QED) is 0.275. The molecule has 5 nitrogen and oxygen atoms in total. The van der Waals surface area contributed by atoms with Crippen LogP contribution in [0.4, 0.5) is 0 Å². The van der Waals surface area contributed by atoms with Gasteiger partial charge in [-0.3, -0.25) is 9.59 Å². The van der Waals surface area contributed by atoms with Crippen molar-refractivity contribution >= 4 is 11.9 Å². The number of carboxylic acid groups (broad SMARTS) is 1. The predicted molar refractivity (Wildman–Crippen MR) is 135 cm³/mol. The van der Waals surface area contributed by atoms with Crippen LogP contribution in [0.1, 0.15) is 71.3 Å². The van der Waals surface area contributed by atoms with Crippen LogP contribution in [0.3, 0.4) is 0 Å². The SMILES string of the molecule is CCCCCCCC(=O)O.CCOC(=O)[C@H](C)C[C@H](N)Cc1ccc(-c2ccccc2)cc1. The van der Waals surface area contributed by atoms with Gasteiger partial charge in [0.1, 0.15) is 0 Å². The number of hydrogen-bond donors (Lipinski definition) is 2. The summed E-state index contributed by atoms with van der Waals surface area (Å²) < 4.78 is 5.02. The van der Waals surface area contributed by atoms with E-state index in [4.69, 9.17) is 15.6 Å². The number of rotatable bonds is 13. The Morgan fingerprint density at radius 2 is 1.52 bits per heavy atom. The van der Waals surface area contributed by atoms with Gasteiger partial charge in [-0.1, -0.05) is 94.1 Å². The summed E-state index contributed by atoms with van der Waals surface area (Å²) in [5.41, 5.74) is 9.77. The third-order valence-electron chi connectivity index (χ3n) is 5.40. The third-order valence-corrected chi connectivity index (χ3v) is 5.40. The van der Waals surface area contributed by atoms with Crippen molar-refractivity contribution in [3.05, 3.63) is 60.2 Å². The second kappa shape index (κ2) is 16.9. The number of esters is 1. The van der Waals surface area contributed by atoms with Gasteiger partial charge >= 0.3 is 11.9 Å². The van der Waals surface area contributed by atoms with Gasteiger partial charge < -0.3 is 15.6 Å². The Kier molecular flexibility index (Phi) is 14.5. The van der Waals surface area contributed by atoms with Crippen LogP contribution in [-0.2, 0) is 20.7 Å². The standard InChI is InChI=1S/C20H25NO2.C8H16O2/c1-3-23-20(22)15(2)13-19(21)14-16-9-11-18(12-10-16)17-7-5-4-6-8-17;1-2-3-4-5-6-7-8(9)10/h4-12,15,19H,3,13-14,21H2,1-2H3;2-7H2,1H3,(H,9,10)/t15-,19+;/m1./s1. The number of carbonyl (C=O) groups excluding carboxylic acids is 1. The van der Waals surface area contributed by atoms with Crippen molar-refractivity contribution < 1.29 is 19.4 Å². The van der Waals surface area contributed by atoms with Crippen molar-refractivity contribution in [3.63, 3.8) is 0 Å². The zero-order valence-corrected chi connectivity index (χ0v) is 20.5. The van der Waals surface area contributed by atoms with Crippen LogP contribution in [0.2, 0.25) is 0 Å². The molecule has 5 heteroatoms. The van der Waals surface area contributed by atoms with E-state index in [2.05, 4.69) is 43.3 Å². The number of aliphatic carboxylic acids is 1. The average molecular weight is 456 g/mol. The number of carboxylic acids is 1. The first-order chi connectivity index (χ1) is 15.9. The molecule has 2 aromatic rings. The Morgan fingerprint density at radius 1 is 0.909 bits per heavy atom. The summed E-state index contributed by atoms with van der Waals surface area (Å²) in [6, 6.07) is 18.7. The molecule has 0 unspecified atom stereocenters. The van der Waals surface area contributed by atoms with Crippen molar-refractivity contribution in [2.45, 2.75) is 78.2 Å². The van der Waals surface area contributed by atoms with E-state index >= 15 is 0 Å². The minimum absolute atomic E-state index is 0.0445. The molecular formula is C28H41NO4. The minimum atomic E-state index is -0.670.